The maximum absolute atomic E-state index is 12.5. The SMILES string of the molecule is [B]OC[C@@H]1C[C@H](F)C(O)S1. The summed E-state index contributed by atoms with van der Waals surface area (Å²) < 4.78 is 16.8. The van der Waals surface area contributed by atoms with Crippen molar-refractivity contribution in [2.45, 2.75) is 23.3 Å². The maximum atomic E-state index is 12.5. The Bertz CT molecular complexity index is 106. The number of thioether (sulfide) groups is 1. The summed E-state index contributed by atoms with van der Waals surface area (Å²) in [4.78, 5) is 0. The van der Waals surface area contributed by atoms with Gasteiger partial charge in [0.15, 0.2) is 0 Å². The Morgan fingerprint density at radius 3 is 2.90 bits per heavy atom. The molecule has 5 heteroatoms. The Labute approximate surface area is 64.6 Å². The van der Waals surface area contributed by atoms with Gasteiger partial charge in [-0.1, -0.05) is 0 Å². The van der Waals surface area contributed by atoms with Crippen molar-refractivity contribution >= 4 is 19.8 Å². The number of aliphatic hydroxyl groups excluding tert-OH is 1. The number of alkyl halides is 1. The van der Waals surface area contributed by atoms with E-state index in [-0.39, 0.29) is 5.25 Å². The highest BCUT2D eigenvalue weighted by Gasteiger charge is 2.33. The first-order valence-corrected chi connectivity index (χ1v) is 3.97. The van der Waals surface area contributed by atoms with E-state index in [1.54, 1.807) is 0 Å². The fraction of sp³-hybridized carbons (Fsp3) is 1.00. The van der Waals surface area contributed by atoms with E-state index in [2.05, 4.69) is 4.65 Å². The molecule has 3 atom stereocenters. The van der Waals surface area contributed by atoms with Crippen LogP contribution in [0.15, 0.2) is 0 Å². The van der Waals surface area contributed by atoms with Crippen LogP contribution in [0, 0.1) is 0 Å². The number of rotatable bonds is 2. The van der Waals surface area contributed by atoms with Gasteiger partial charge in [-0.2, -0.15) is 0 Å². The van der Waals surface area contributed by atoms with Crippen LogP contribution in [0.2, 0.25) is 0 Å². The second-order valence-corrected chi connectivity index (χ2v) is 3.66. The van der Waals surface area contributed by atoms with Crippen molar-refractivity contribution < 1.29 is 14.2 Å². The Kier molecular flexibility index (Phi) is 3.01. The van der Waals surface area contributed by atoms with Gasteiger partial charge in [-0.15, -0.1) is 11.8 Å². The maximum Gasteiger partial charge on any atom is 0.282 e. The minimum Gasteiger partial charge on any atom is -0.446 e. The molecule has 0 aromatic rings. The number of aliphatic hydroxyl groups is 1. The van der Waals surface area contributed by atoms with Crippen LogP contribution < -0.4 is 0 Å². The summed E-state index contributed by atoms with van der Waals surface area (Å²) in [6, 6.07) is 0. The van der Waals surface area contributed by atoms with Crippen molar-refractivity contribution in [3.8, 4) is 0 Å². The van der Waals surface area contributed by atoms with E-state index in [4.69, 9.17) is 13.2 Å². The highest BCUT2D eigenvalue weighted by Crippen LogP contribution is 2.34. The van der Waals surface area contributed by atoms with E-state index in [0.717, 1.165) is 0 Å². The van der Waals surface area contributed by atoms with Crippen LogP contribution in [0.1, 0.15) is 6.42 Å². The lowest BCUT2D eigenvalue weighted by molar-refractivity contribution is 0.152. The summed E-state index contributed by atoms with van der Waals surface area (Å²) in [6.45, 7) is 0.308. The second-order valence-electron chi connectivity index (χ2n) is 2.23. The zero-order chi connectivity index (χ0) is 7.56. The predicted molar refractivity (Wildman–Crippen MR) is 38.6 cm³/mol. The smallest absolute Gasteiger partial charge is 0.282 e. The molecule has 1 aliphatic rings. The molecule has 0 aromatic heterocycles. The first kappa shape index (κ1) is 8.36. The van der Waals surface area contributed by atoms with E-state index < -0.39 is 11.6 Å². The first-order valence-electron chi connectivity index (χ1n) is 3.03. The average molecular weight is 162 g/mol. The van der Waals surface area contributed by atoms with E-state index in [0.29, 0.717) is 13.0 Å². The number of hydrogen-bond donors (Lipinski definition) is 1. The van der Waals surface area contributed by atoms with Crippen LogP contribution >= 0.6 is 11.8 Å². The molecular weight excluding hydrogens is 154 g/mol. The summed E-state index contributed by atoms with van der Waals surface area (Å²) >= 11 is 1.17. The van der Waals surface area contributed by atoms with Gasteiger partial charge in [0, 0.05) is 11.9 Å². The van der Waals surface area contributed by atoms with Gasteiger partial charge in [-0.05, 0) is 6.42 Å². The summed E-state index contributed by atoms with van der Waals surface area (Å²) in [7, 11) is 4.78. The largest absolute Gasteiger partial charge is 0.446 e. The molecule has 0 amide bonds. The highest BCUT2D eigenvalue weighted by atomic mass is 32.2. The summed E-state index contributed by atoms with van der Waals surface area (Å²) in [5.41, 5.74) is -0.889. The molecular formula is C5H8BFO2S. The third-order valence-corrected chi connectivity index (χ3v) is 2.70. The molecule has 1 rings (SSSR count). The molecule has 1 saturated heterocycles. The first-order chi connectivity index (χ1) is 4.74. The van der Waals surface area contributed by atoms with Gasteiger partial charge in [0.25, 0.3) is 8.05 Å². The van der Waals surface area contributed by atoms with Gasteiger partial charge in [-0.3, -0.25) is 0 Å². The second kappa shape index (κ2) is 3.60. The van der Waals surface area contributed by atoms with Crippen molar-refractivity contribution in [1.82, 2.24) is 0 Å². The van der Waals surface area contributed by atoms with Crippen molar-refractivity contribution in [2.24, 2.45) is 0 Å². The quantitative estimate of drug-likeness (QED) is 0.590. The van der Waals surface area contributed by atoms with Gasteiger partial charge < -0.3 is 9.76 Å². The van der Waals surface area contributed by atoms with E-state index in [9.17, 15) is 4.39 Å². The van der Waals surface area contributed by atoms with Gasteiger partial charge in [-0.25, -0.2) is 4.39 Å². The fourth-order valence-corrected chi connectivity index (χ4v) is 2.05. The van der Waals surface area contributed by atoms with E-state index >= 15 is 0 Å². The number of hydrogen-bond acceptors (Lipinski definition) is 3. The van der Waals surface area contributed by atoms with Crippen LogP contribution in [0.25, 0.3) is 0 Å². The Balaban J connectivity index is 2.27. The normalized spacial score (nSPS) is 40.4. The lowest BCUT2D eigenvalue weighted by atomic mass is 10.2. The molecule has 1 N–H and O–H groups in total. The molecule has 1 aliphatic heterocycles. The number of halogens is 1. The van der Waals surface area contributed by atoms with E-state index in [1.807, 2.05) is 0 Å². The minimum absolute atomic E-state index is 0.00926. The third-order valence-electron chi connectivity index (χ3n) is 1.41. The van der Waals surface area contributed by atoms with Crippen LogP contribution in [-0.4, -0.2) is 36.6 Å². The van der Waals surface area contributed by atoms with Crippen LogP contribution in [0.3, 0.4) is 0 Å². The molecule has 0 bridgehead atoms. The molecule has 1 fully saturated rings. The summed E-state index contributed by atoms with van der Waals surface area (Å²) in [6.07, 6.45) is -0.784. The van der Waals surface area contributed by atoms with Crippen LogP contribution in [0.5, 0.6) is 0 Å². The summed E-state index contributed by atoms with van der Waals surface area (Å²) in [5, 5.41) is 8.90. The molecule has 1 unspecified atom stereocenters. The topological polar surface area (TPSA) is 29.5 Å². The van der Waals surface area contributed by atoms with Gasteiger partial charge >= 0.3 is 0 Å². The van der Waals surface area contributed by atoms with Crippen LogP contribution in [0.4, 0.5) is 4.39 Å². The Hall–Kier alpha value is 0.265. The average Bonchev–Trinajstić information content (AvgIpc) is 2.14. The molecule has 0 spiro atoms. The van der Waals surface area contributed by atoms with Crippen molar-refractivity contribution in [2.75, 3.05) is 6.61 Å². The van der Waals surface area contributed by atoms with Crippen molar-refractivity contribution in [3.63, 3.8) is 0 Å². The van der Waals surface area contributed by atoms with Gasteiger partial charge in [0.2, 0.25) is 0 Å². The van der Waals surface area contributed by atoms with E-state index in [1.165, 1.54) is 11.8 Å². The Morgan fingerprint density at radius 2 is 2.50 bits per heavy atom. The third kappa shape index (κ3) is 1.87. The van der Waals surface area contributed by atoms with Gasteiger partial charge in [0.1, 0.15) is 11.6 Å². The van der Waals surface area contributed by atoms with Crippen molar-refractivity contribution in [3.05, 3.63) is 0 Å². The highest BCUT2D eigenvalue weighted by molar-refractivity contribution is 8.00. The molecule has 56 valence electrons. The standard InChI is InChI=1S/C5H8BFO2S/c6-9-2-3-1-4(7)5(8)10-3/h3-5,8H,1-2H2/t3-,4-,5?/m0/s1. The molecule has 1 heterocycles. The van der Waals surface area contributed by atoms with Crippen molar-refractivity contribution in [1.29, 1.82) is 0 Å². The Morgan fingerprint density at radius 1 is 1.80 bits per heavy atom. The lowest BCUT2D eigenvalue weighted by Crippen LogP contribution is -2.10. The molecule has 10 heavy (non-hydrogen) atoms. The zero-order valence-electron chi connectivity index (χ0n) is 5.37. The monoisotopic (exact) mass is 162 g/mol. The molecule has 2 radical (unpaired) electrons. The molecule has 2 nitrogen and oxygen atoms in total. The zero-order valence-corrected chi connectivity index (χ0v) is 6.18. The predicted octanol–water partition coefficient (Wildman–Crippen LogP) is 0.248. The molecule has 0 aromatic carbocycles. The summed E-state index contributed by atoms with van der Waals surface area (Å²) in [5.74, 6) is 0. The molecule has 0 saturated carbocycles. The molecule has 0 aliphatic carbocycles. The minimum atomic E-state index is -1.12. The van der Waals surface area contributed by atoms with Crippen LogP contribution in [-0.2, 0) is 4.65 Å². The lowest BCUT2D eigenvalue weighted by Gasteiger charge is -2.04. The fourth-order valence-electron chi connectivity index (χ4n) is 0.920. The van der Waals surface area contributed by atoms with Gasteiger partial charge in [0.05, 0.1) is 0 Å².